The summed E-state index contributed by atoms with van der Waals surface area (Å²) in [6, 6.07) is 1.93. The van der Waals surface area contributed by atoms with E-state index in [1.807, 2.05) is 6.07 Å². The number of nitrogens with zero attached hydrogens (tertiary/aromatic N) is 6. The van der Waals surface area contributed by atoms with E-state index < -0.39 is 0 Å². The predicted molar refractivity (Wildman–Crippen MR) is 103 cm³/mol. The highest BCUT2D eigenvalue weighted by Gasteiger charge is 2.22. The minimum atomic E-state index is 0.548. The number of piperazine rings is 1. The number of anilines is 1. The van der Waals surface area contributed by atoms with Gasteiger partial charge in [-0.05, 0) is 28.9 Å². The molecule has 0 unspecified atom stereocenters. The summed E-state index contributed by atoms with van der Waals surface area (Å²) in [5.41, 5.74) is 0.995. The molecule has 2 N–H and O–H groups in total. The van der Waals surface area contributed by atoms with Crippen molar-refractivity contribution < 1.29 is 4.74 Å². The molecule has 2 aromatic heterocycles. The van der Waals surface area contributed by atoms with Crippen molar-refractivity contribution in [3.63, 3.8) is 0 Å². The van der Waals surface area contributed by atoms with Crippen LogP contribution in [0.25, 0.3) is 0 Å². The number of aliphatic imine (C=N–C) groups is 1. The Balaban J connectivity index is 1.63. The number of rotatable bonds is 5. The fraction of sp³-hybridized carbons (Fsp3) is 0.500. The molecule has 10 heteroatoms. The summed E-state index contributed by atoms with van der Waals surface area (Å²) in [7, 11) is 1.60. The average Bonchev–Trinajstić information content (AvgIpc) is 3.19. The Kier molecular flexibility index (Phi) is 6.26. The van der Waals surface area contributed by atoms with Crippen LogP contribution in [-0.4, -0.2) is 70.9 Å². The molecule has 1 saturated heterocycles. The zero-order valence-electron chi connectivity index (χ0n) is 14.9. The van der Waals surface area contributed by atoms with Crippen molar-refractivity contribution in [1.82, 2.24) is 30.4 Å². The Hall–Kier alpha value is -2.36. The summed E-state index contributed by atoms with van der Waals surface area (Å²) < 4.78 is 6.02. The molecule has 1 aliphatic rings. The minimum absolute atomic E-state index is 0.548. The molecule has 0 spiro atoms. The third-order valence-corrected chi connectivity index (χ3v) is 4.59. The van der Waals surface area contributed by atoms with E-state index in [0.717, 1.165) is 48.8 Å². The van der Waals surface area contributed by atoms with Gasteiger partial charge in [0.2, 0.25) is 11.8 Å². The molecule has 2 aromatic rings. The van der Waals surface area contributed by atoms with Crippen LogP contribution in [-0.2, 0) is 6.54 Å². The summed E-state index contributed by atoms with van der Waals surface area (Å²) in [6.07, 6.45) is 3.46. The van der Waals surface area contributed by atoms with Gasteiger partial charge in [-0.3, -0.25) is 5.10 Å². The van der Waals surface area contributed by atoms with Gasteiger partial charge in [0.15, 0.2) is 5.96 Å². The highest BCUT2D eigenvalue weighted by molar-refractivity contribution is 9.10. The van der Waals surface area contributed by atoms with Crippen LogP contribution in [0, 0.1) is 0 Å². The van der Waals surface area contributed by atoms with Crippen LogP contribution in [0.15, 0.2) is 27.9 Å². The lowest BCUT2D eigenvalue weighted by Gasteiger charge is -2.36. The highest BCUT2D eigenvalue weighted by atomic mass is 79.9. The van der Waals surface area contributed by atoms with Crippen molar-refractivity contribution in [2.45, 2.75) is 13.5 Å². The lowest BCUT2D eigenvalue weighted by Crippen LogP contribution is -2.53. The van der Waals surface area contributed by atoms with Gasteiger partial charge in [-0.15, -0.1) is 0 Å². The van der Waals surface area contributed by atoms with Gasteiger partial charge in [-0.1, -0.05) is 0 Å². The van der Waals surface area contributed by atoms with Gasteiger partial charge in [0.05, 0.1) is 30.0 Å². The van der Waals surface area contributed by atoms with E-state index >= 15 is 0 Å². The zero-order valence-corrected chi connectivity index (χ0v) is 16.5. The van der Waals surface area contributed by atoms with E-state index in [9.17, 15) is 0 Å². The van der Waals surface area contributed by atoms with Gasteiger partial charge < -0.3 is 19.9 Å². The number of methoxy groups -OCH3 is 1. The standard InChI is InChI=1S/C16H23BrN8O/c1-3-18-15(19-10-12-4-5-21-23-12)24-6-8-25(9-7-24)16-20-11-13(17)14(22-16)26-2/h4-5,11H,3,6-10H2,1-2H3,(H,18,19)(H,21,23). The van der Waals surface area contributed by atoms with E-state index in [0.29, 0.717) is 18.4 Å². The Morgan fingerprint density at radius 3 is 2.85 bits per heavy atom. The van der Waals surface area contributed by atoms with Crippen molar-refractivity contribution in [2.24, 2.45) is 4.99 Å². The van der Waals surface area contributed by atoms with Gasteiger partial charge in [-0.25, -0.2) is 9.98 Å². The number of H-pyrrole nitrogens is 1. The monoisotopic (exact) mass is 422 g/mol. The van der Waals surface area contributed by atoms with Crippen LogP contribution in [0.5, 0.6) is 5.88 Å². The number of ether oxygens (including phenoxy) is 1. The second-order valence-corrected chi connectivity index (χ2v) is 6.61. The van der Waals surface area contributed by atoms with Crippen molar-refractivity contribution >= 4 is 27.8 Å². The maximum atomic E-state index is 5.26. The van der Waals surface area contributed by atoms with Gasteiger partial charge in [0.1, 0.15) is 0 Å². The number of guanidine groups is 1. The van der Waals surface area contributed by atoms with E-state index in [1.54, 1.807) is 19.5 Å². The average molecular weight is 423 g/mol. The van der Waals surface area contributed by atoms with Crippen LogP contribution in [0.3, 0.4) is 0 Å². The molecule has 140 valence electrons. The number of hydrogen-bond donors (Lipinski definition) is 2. The molecule has 3 rings (SSSR count). The zero-order chi connectivity index (χ0) is 18.4. The Morgan fingerprint density at radius 1 is 1.38 bits per heavy atom. The topological polar surface area (TPSA) is 94.6 Å². The van der Waals surface area contributed by atoms with Crippen molar-refractivity contribution in [2.75, 3.05) is 44.7 Å². The van der Waals surface area contributed by atoms with Crippen LogP contribution in [0.1, 0.15) is 12.6 Å². The minimum Gasteiger partial charge on any atom is -0.480 e. The number of hydrogen-bond acceptors (Lipinski definition) is 6. The molecular formula is C16H23BrN8O. The Labute approximate surface area is 161 Å². The van der Waals surface area contributed by atoms with Crippen molar-refractivity contribution in [3.05, 3.63) is 28.6 Å². The van der Waals surface area contributed by atoms with Crippen LogP contribution >= 0.6 is 15.9 Å². The molecular weight excluding hydrogens is 400 g/mol. The van der Waals surface area contributed by atoms with Gasteiger partial charge in [0.25, 0.3) is 0 Å². The number of halogens is 1. The molecule has 0 atom stereocenters. The van der Waals surface area contributed by atoms with Gasteiger partial charge in [0, 0.05) is 38.9 Å². The third-order valence-electron chi connectivity index (χ3n) is 4.05. The first-order chi connectivity index (χ1) is 12.7. The molecule has 9 nitrogen and oxygen atoms in total. The molecule has 0 radical (unpaired) electrons. The first-order valence-electron chi connectivity index (χ1n) is 8.54. The van der Waals surface area contributed by atoms with Crippen molar-refractivity contribution in [3.8, 4) is 5.88 Å². The maximum absolute atomic E-state index is 5.26. The van der Waals surface area contributed by atoms with E-state index in [2.05, 4.69) is 58.1 Å². The number of aromatic amines is 1. The molecule has 0 bridgehead atoms. The molecule has 0 aromatic carbocycles. The fourth-order valence-electron chi connectivity index (χ4n) is 2.72. The van der Waals surface area contributed by atoms with Gasteiger partial charge >= 0.3 is 0 Å². The van der Waals surface area contributed by atoms with Gasteiger partial charge in [-0.2, -0.15) is 10.1 Å². The van der Waals surface area contributed by atoms with Crippen LogP contribution in [0.2, 0.25) is 0 Å². The Bertz CT molecular complexity index is 728. The van der Waals surface area contributed by atoms with E-state index in [-0.39, 0.29) is 0 Å². The summed E-state index contributed by atoms with van der Waals surface area (Å²) in [4.78, 5) is 18.0. The van der Waals surface area contributed by atoms with E-state index in [1.165, 1.54) is 0 Å². The van der Waals surface area contributed by atoms with E-state index in [4.69, 9.17) is 9.73 Å². The quantitative estimate of drug-likeness (QED) is 0.552. The maximum Gasteiger partial charge on any atom is 0.232 e. The lowest BCUT2D eigenvalue weighted by atomic mass is 10.3. The third kappa shape index (κ3) is 4.43. The second-order valence-electron chi connectivity index (χ2n) is 5.75. The SMILES string of the molecule is CCNC(=NCc1ccn[nH]1)N1CCN(c2ncc(Br)c(OC)n2)CC1. The fourth-order valence-corrected chi connectivity index (χ4v) is 3.07. The normalized spacial score (nSPS) is 15.3. The molecule has 1 aliphatic heterocycles. The number of nitrogens with one attached hydrogen (secondary N) is 2. The van der Waals surface area contributed by atoms with Crippen LogP contribution < -0.4 is 15.0 Å². The van der Waals surface area contributed by atoms with Crippen molar-refractivity contribution in [1.29, 1.82) is 0 Å². The second kappa shape index (κ2) is 8.84. The smallest absolute Gasteiger partial charge is 0.232 e. The largest absolute Gasteiger partial charge is 0.480 e. The lowest BCUT2D eigenvalue weighted by molar-refractivity contribution is 0.366. The van der Waals surface area contributed by atoms with Crippen LogP contribution in [0.4, 0.5) is 5.95 Å². The first kappa shape index (κ1) is 18.4. The highest BCUT2D eigenvalue weighted by Crippen LogP contribution is 2.23. The molecule has 0 aliphatic carbocycles. The molecule has 0 saturated carbocycles. The Morgan fingerprint density at radius 2 is 2.19 bits per heavy atom. The predicted octanol–water partition coefficient (Wildman–Crippen LogP) is 1.26. The number of aromatic nitrogens is 4. The molecule has 3 heterocycles. The summed E-state index contributed by atoms with van der Waals surface area (Å²) in [5.74, 6) is 2.15. The first-order valence-corrected chi connectivity index (χ1v) is 9.33. The molecule has 0 amide bonds. The molecule has 26 heavy (non-hydrogen) atoms. The summed E-state index contributed by atoms with van der Waals surface area (Å²) >= 11 is 3.39. The summed E-state index contributed by atoms with van der Waals surface area (Å²) in [6.45, 7) is 6.81. The summed E-state index contributed by atoms with van der Waals surface area (Å²) in [5, 5.41) is 10.3. The molecule has 1 fully saturated rings.